The summed E-state index contributed by atoms with van der Waals surface area (Å²) < 4.78 is 40.2. The third kappa shape index (κ3) is 2.52. The molecule has 0 radical (unpaired) electrons. The number of benzene rings is 4. The second kappa shape index (κ2) is 6.36. The molecular weight excluding hydrogens is 410 g/mol. The number of ether oxygens (including phenoxy) is 1. The highest BCUT2D eigenvalue weighted by Crippen LogP contribution is 2.39. The van der Waals surface area contributed by atoms with E-state index in [0.29, 0.717) is 22.4 Å². The molecule has 0 N–H and O–H groups in total. The summed E-state index contributed by atoms with van der Waals surface area (Å²) in [5.41, 5.74) is 2.58. The van der Waals surface area contributed by atoms with Crippen molar-refractivity contribution in [3.8, 4) is 5.75 Å². The molecule has 6 aromatic rings. The van der Waals surface area contributed by atoms with Crippen LogP contribution in [-0.2, 0) is 10.0 Å². The van der Waals surface area contributed by atoms with Crippen molar-refractivity contribution in [2.75, 3.05) is 7.11 Å². The monoisotopic (exact) mass is 427 g/mol. The Kier molecular flexibility index (Phi) is 3.70. The first-order valence-electron chi connectivity index (χ1n) is 9.82. The fourth-order valence-corrected chi connectivity index (χ4v) is 5.81. The Morgan fingerprint density at radius 2 is 1.45 bits per heavy atom. The minimum absolute atomic E-state index is 0.231. The highest BCUT2D eigenvalue weighted by molar-refractivity contribution is 7.90. The van der Waals surface area contributed by atoms with E-state index < -0.39 is 10.0 Å². The molecule has 2 heterocycles. The lowest BCUT2D eigenvalue weighted by Gasteiger charge is -2.09. The minimum Gasteiger partial charge on any atom is -0.497 e. The van der Waals surface area contributed by atoms with E-state index in [-0.39, 0.29) is 4.90 Å². The van der Waals surface area contributed by atoms with Crippen molar-refractivity contribution in [2.45, 2.75) is 4.90 Å². The lowest BCUT2D eigenvalue weighted by atomic mass is 10.1. The van der Waals surface area contributed by atoms with Gasteiger partial charge in [0, 0.05) is 27.6 Å². The van der Waals surface area contributed by atoms with E-state index in [4.69, 9.17) is 9.15 Å². The van der Waals surface area contributed by atoms with Gasteiger partial charge in [-0.3, -0.25) is 0 Å². The number of furan rings is 1. The van der Waals surface area contributed by atoms with Crippen LogP contribution in [0.2, 0.25) is 0 Å². The van der Waals surface area contributed by atoms with Crippen molar-refractivity contribution in [1.29, 1.82) is 0 Å². The quantitative estimate of drug-likeness (QED) is 0.351. The van der Waals surface area contributed by atoms with Gasteiger partial charge in [0.05, 0.1) is 23.0 Å². The Labute approximate surface area is 178 Å². The lowest BCUT2D eigenvalue weighted by Crippen LogP contribution is -2.12. The van der Waals surface area contributed by atoms with Gasteiger partial charge in [-0.1, -0.05) is 36.4 Å². The second-order valence-corrected chi connectivity index (χ2v) is 9.22. The van der Waals surface area contributed by atoms with Crippen LogP contribution in [-0.4, -0.2) is 19.5 Å². The lowest BCUT2D eigenvalue weighted by molar-refractivity contribution is 0.415. The van der Waals surface area contributed by atoms with Gasteiger partial charge in [-0.05, 0) is 42.5 Å². The molecule has 2 aromatic heterocycles. The number of hydrogen-bond donors (Lipinski definition) is 0. The number of aromatic nitrogens is 1. The van der Waals surface area contributed by atoms with Crippen molar-refractivity contribution in [2.24, 2.45) is 0 Å². The number of para-hydroxylation sites is 1. The van der Waals surface area contributed by atoms with Crippen LogP contribution in [0.25, 0.3) is 43.7 Å². The molecule has 0 spiro atoms. The zero-order chi connectivity index (χ0) is 21.2. The first-order chi connectivity index (χ1) is 15.1. The minimum atomic E-state index is -3.83. The summed E-state index contributed by atoms with van der Waals surface area (Å²) in [5.74, 6) is 0.667. The van der Waals surface area contributed by atoms with Gasteiger partial charge in [-0.2, -0.15) is 0 Å². The van der Waals surface area contributed by atoms with Crippen LogP contribution in [0.4, 0.5) is 0 Å². The third-order valence-electron chi connectivity index (χ3n) is 5.71. The normalized spacial score (nSPS) is 12.3. The summed E-state index contributed by atoms with van der Waals surface area (Å²) >= 11 is 0. The van der Waals surface area contributed by atoms with E-state index >= 15 is 0 Å². The summed E-state index contributed by atoms with van der Waals surface area (Å²) in [7, 11) is -2.23. The SMILES string of the molecule is COc1ccc2c(c1)c1cc3c(cc1n2S(=O)(=O)c1ccccc1)oc1ccccc13. The van der Waals surface area contributed by atoms with Crippen molar-refractivity contribution < 1.29 is 17.6 Å². The predicted molar refractivity (Wildman–Crippen MR) is 122 cm³/mol. The largest absolute Gasteiger partial charge is 0.497 e. The molecule has 0 aliphatic heterocycles. The van der Waals surface area contributed by atoms with Gasteiger partial charge in [-0.25, -0.2) is 12.4 Å². The van der Waals surface area contributed by atoms with E-state index in [1.165, 1.54) is 3.97 Å². The number of rotatable bonds is 3. The fourth-order valence-electron chi connectivity index (χ4n) is 4.27. The van der Waals surface area contributed by atoms with Crippen molar-refractivity contribution in [3.05, 3.63) is 84.9 Å². The zero-order valence-corrected chi connectivity index (χ0v) is 17.4. The van der Waals surface area contributed by atoms with Crippen LogP contribution in [0, 0.1) is 0 Å². The van der Waals surface area contributed by atoms with Crippen LogP contribution in [0.1, 0.15) is 0 Å². The van der Waals surface area contributed by atoms with Crippen LogP contribution < -0.4 is 4.74 Å². The van der Waals surface area contributed by atoms with Crippen LogP contribution in [0.15, 0.2) is 94.2 Å². The van der Waals surface area contributed by atoms with Gasteiger partial charge >= 0.3 is 0 Å². The Morgan fingerprint density at radius 1 is 0.710 bits per heavy atom. The molecule has 152 valence electrons. The van der Waals surface area contributed by atoms with Crippen LogP contribution >= 0.6 is 0 Å². The maximum atomic E-state index is 13.7. The molecule has 6 rings (SSSR count). The molecule has 0 saturated heterocycles. The van der Waals surface area contributed by atoms with Gasteiger partial charge in [0.25, 0.3) is 10.0 Å². The highest BCUT2D eigenvalue weighted by atomic mass is 32.2. The molecule has 0 unspecified atom stereocenters. The van der Waals surface area contributed by atoms with Crippen LogP contribution in [0.3, 0.4) is 0 Å². The van der Waals surface area contributed by atoms with Gasteiger partial charge in [0.15, 0.2) is 0 Å². The van der Waals surface area contributed by atoms with Gasteiger partial charge in [-0.15, -0.1) is 0 Å². The Hall–Kier alpha value is -3.77. The zero-order valence-electron chi connectivity index (χ0n) is 16.6. The van der Waals surface area contributed by atoms with Crippen molar-refractivity contribution >= 4 is 53.8 Å². The number of fused-ring (bicyclic) bond motifs is 6. The van der Waals surface area contributed by atoms with Gasteiger partial charge in [0.1, 0.15) is 16.9 Å². The summed E-state index contributed by atoms with van der Waals surface area (Å²) in [6.07, 6.45) is 0. The molecule has 0 atom stereocenters. The third-order valence-corrected chi connectivity index (χ3v) is 7.45. The summed E-state index contributed by atoms with van der Waals surface area (Å²) in [6.45, 7) is 0. The van der Waals surface area contributed by atoms with Crippen molar-refractivity contribution in [3.63, 3.8) is 0 Å². The molecular formula is C25H17NO4S. The Bertz CT molecular complexity index is 1730. The molecule has 0 aliphatic carbocycles. The first-order valence-corrected chi connectivity index (χ1v) is 11.3. The first kappa shape index (κ1) is 18.0. The maximum absolute atomic E-state index is 13.7. The van der Waals surface area contributed by atoms with E-state index in [2.05, 4.69) is 0 Å². The molecule has 0 bridgehead atoms. The van der Waals surface area contributed by atoms with Crippen LogP contribution in [0.5, 0.6) is 5.75 Å². The molecule has 5 nitrogen and oxygen atoms in total. The predicted octanol–water partition coefficient (Wildman–Crippen LogP) is 5.94. The maximum Gasteiger partial charge on any atom is 0.268 e. The molecule has 0 amide bonds. The summed E-state index contributed by atoms with van der Waals surface area (Å²) in [5, 5.41) is 3.57. The molecule has 6 heteroatoms. The van der Waals surface area contributed by atoms with Gasteiger partial charge in [0.2, 0.25) is 0 Å². The Morgan fingerprint density at radius 3 is 2.26 bits per heavy atom. The molecule has 0 saturated carbocycles. The average Bonchev–Trinajstić information content (AvgIpc) is 3.32. The summed E-state index contributed by atoms with van der Waals surface area (Å²) in [4.78, 5) is 0.231. The Balaban J connectivity index is 1.81. The van der Waals surface area contributed by atoms with Gasteiger partial charge < -0.3 is 9.15 Å². The average molecular weight is 427 g/mol. The van der Waals surface area contributed by atoms with E-state index in [1.807, 2.05) is 42.5 Å². The number of nitrogens with zero attached hydrogens (tertiary/aromatic N) is 1. The standard InChI is InChI=1S/C25H17NO4S/c1-29-16-11-12-22-19(13-16)20-14-21-18-9-5-6-10-24(18)30-25(21)15-23(20)26(22)31(27,28)17-7-3-2-4-8-17/h2-15H,1H3. The number of methoxy groups -OCH3 is 1. The van der Waals surface area contributed by atoms with E-state index in [0.717, 1.165) is 27.1 Å². The molecule has 0 fully saturated rings. The number of hydrogen-bond acceptors (Lipinski definition) is 4. The smallest absolute Gasteiger partial charge is 0.268 e. The summed E-state index contributed by atoms with van der Waals surface area (Å²) in [6, 6.07) is 25.5. The molecule has 4 aromatic carbocycles. The topological polar surface area (TPSA) is 61.4 Å². The van der Waals surface area contributed by atoms with Crippen molar-refractivity contribution in [1.82, 2.24) is 3.97 Å². The van der Waals surface area contributed by atoms with E-state index in [9.17, 15) is 8.42 Å². The fraction of sp³-hybridized carbons (Fsp3) is 0.0400. The second-order valence-electron chi connectivity index (χ2n) is 7.43. The van der Waals surface area contributed by atoms with E-state index in [1.54, 1.807) is 49.6 Å². The molecule has 31 heavy (non-hydrogen) atoms. The molecule has 0 aliphatic rings. The highest BCUT2D eigenvalue weighted by Gasteiger charge is 2.24.